The summed E-state index contributed by atoms with van der Waals surface area (Å²) in [5, 5.41) is 4.51. The van der Waals surface area contributed by atoms with Crippen LogP contribution in [0.1, 0.15) is 18.4 Å². The lowest BCUT2D eigenvalue weighted by Crippen LogP contribution is -1.99. The van der Waals surface area contributed by atoms with Crippen LogP contribution >= 0.6 is 11.6 Å². The zero-order valence-corrected chi connectivity index (χ0v) is 14.8. The van der Waals surface area contributed by atoms with Crippen molar-refractivity contribution in [3.05, 3.63) is 71.2 Å². The summed E-state index contributed by atoms with van der Waals surface area (Å²) in [7, 11) is 0. The van der Waals surface area contributed by atoms with E-state index >= 15 is 0 Å². The Balaban J connectivity index is 1.94. The van der Waals surface area contributed by atoms with Crippen molar-refractivity contribution in [3.63, 3.8) is 0 Å². The van der Waals surface area contributed by atoms with E-state index in [0.717, 1.165) is 36.3 Å². The highest BCUT2D eigenvalue weighted by Crippen LogP contribution is 2.36. The Morgan fingerprint density at radius 1 is 0.880 bits per heavy atom. The largest absolute Gasteiger partial charge is 0.354 e. The van der Waals surface area contributed by atoms with E-state index in [4.69, 9.17) is 17.3 Å². The van der Waals surface area contributed by atoms with E-state index in [-0.39, 0.29) is 0 Å². The van der Waals surface area contributed by atoms with Crippen LogP contribution in [0.4, 0.5) is 0 Å². The van der Waals surface area contributed by atoms with Gasteiger partial charge in [0.05, 0.1) is 5.69 Å². The maximum Gasteiger partial charge on any atom is 0.0503 e. The molecule has 0 spiro atoms. The number of aryl methyl sites for hydroxylation is 1. The van der Waals surface area contributed by atoms with E-state index < -0.39 is 0 Å². The van der Waals surface area contributed by atoms with Gasteiger partial charge in [-0.25, -0.2) is 0 Å². The average molecular weight is 349 g/mol. The molecule has 0 saturated heterocycles. The van der Waals surface area contributed by atoms with Gasteiger partial charge in [-0.3, -0.25) is 0 Å². The lowest BCUT2D eigenvalue weighted by Gasteiger charge is -2.09. The number of nitrogens with one attached hydrogen (secondary N) is 1. The lowest BCUT2D eigenvalue weighted by molar-refractivity contribution is 0.748. The molecule has 0 fully saturated rings. The molecule has 0 aliphatic heterocycles. The Hall–Kier alpha value is -2.29. The van der Waals surface area contributed by atoms with E-state index in [1.165, 1.54) is 33.0 Å². The summed E-state index contributed by atoms with van der Waals surface area (Å²) >= 11 is 6.27. The number of halogens is 1. The van der Waals surface area contributed by atoms with E-state index in [2.05, 4.69) is 59.6 Å². The first kappa shape index (κ1) is 16.2. The molecular formula is C22H21ClN2. The molecule has 4 rings (SSSR count). The van der Waals surface area contributed by atoms with Gasteiger partial charge >= 0.3 is 0 Å². The highest BCUT2D eigenvalue weighted by Gasteiger charge is 2.15. The van der Waals surface area contributed by atoms with E-state index in [0.29, 0.717) is 0 Å². The highest BCUT2D eigenvalue weighted by molar-refractivity contribution is 6.31. The predicted molar refractivity (Wildman–Crippen MR) is 108 cm³/mol. The van der Waals surface area contributed by atoms with Gasteiger partial charge in [0.2, 0.25) is 0 Å². The van der Waals surface area contributed by atoms with Crippen molar-refractivity contribution in [2.45, 2.75) is 19.3 Å². The quantitative estimate of drug-likeness (QED) is 0.432. The summed E-state index contributed by atoms with van der Waals surface area (Å²) < 4.78 is 0. The molecule has 3 N–H and O–H groups in total. The van der Waals surface area contributed by atoms with Crippen molar-refractivity contribution >= 4 is 33.3 Å². The number of benzene rings is 3. The van der Waals surface area contributed by atoms with Gasteiger partial charge < -0.3 is 10.7 Å². The Morgan fingerprint density at radius 3 is 2.60 bits per heavy atom. The standard InChI is InChI=1S/C22H21ClN2/c23-16-11-12-21-20(14-16)19(9-3-4-13-24)22(25-21)18-10-5-7-15-6-1-2-8-17(15)18/h1-2,5-8,10-12,14,25H,3-4,9,13,24H2. The number of aromatic nitrogens is 1. The van der Waals surface area contributed by atoms with Gasteiger partial charge in [-0.05, 0) is 60.3 Å². The van der Waals surface area contributed by atoms with E-state index in [9.17, 15) is 0 Å². The number of hydrogen-bond donors (Lipinski definition) is 2. The van der Waals surface area contributed by atoms with E-state index in [1.54, 1.807) is 0 Å². The molecular weight excluding hydrogens is 328 g/mol. The van der Waals surface area contributed by atoms with Crippen LogP contribution in [0, 0.1) is 0 Å². The molecule has 1 heterocycles. The molecule has 0 atom stereocenters. The lowest BCUT2D eigenvalue weighted by atomic mass is 9.96. The maximum absolute atomic E-state index is 6.27. The molecule has 0 aliphatic carbocycles. The van der Waals surface area contributed by atoms with Gasteiger partial charge in [-0.15, -0.1) is 0 Å². The summed E-state index contributed by atoms with van der Waals surface area (Å²) in [6.45, 7) is 0.729. The van der Waals surface area contributed by atoms with Crippen molar-refractivity contribution < 1.29 is 0 Å². The zero-order chi connectivity index (χ0) is 17.2. The Kier molecular flexibility index (Phi) is 4.48. The molecule has 0 amide bonds. The fourth-order valence-corrected chi connectivity index (χ4v) is 3.77. The van der Waals surface area contributed by atoms with Crippen LogP contribution in [0.15, 0.2) is 60.7 Å². The molecule has 1 aromatic heterocycles. The van der Waals surface area contributed by atoms with E-state index in [1.807, 2.05) is 6.07 Å². The average Bonchev–Trinajstić information content (AvgIpc) is 2.99. The second-order valence-electron chi connectivity index (χ2n) is 6.44. The third kappa shape index (κ3) is 3.04. The first-order valence-electron chi connectivity index (χ1n) is 8.76. The SMILES string of the molecule is NCCCCc1c(-c2cccc3ccccc23)[nH]c2ccc(Cl)cc12. The number of nitrogens with two attached hydrogens (primary N) is 1. The third-order valence-corrected chi connectivity index (χ3v) is 5.04. The molecule has 126 valence electrons. The van der Waals surface area contributed by atoms with Crippen LogP contribution in [0.2, 0.25) is 5.02 Å². The Bertz CT molecular complexity index is 1030. The van der Waals surface area contributed by atoms with Crippen molar-refractivity contribution in [3.8, 4) is 11.3 Å². The van der Waals surface area contributed by atoms with Crippen LogP contribution in [0.5, 0.6) is 0 Å². The smallest absolute Gasteiger partial charge is 0.0503 e. The molecule has 3 heteroatoms. The third-order valence-electron chi connectivity index (χ3n) is 4.81. The number of rotatable bonds is 5. The van der Waals surface area contributed by atoms with Gasteiger partial charge in [-0.2, -0.15) is 0 Å². The first-order valence-corrected chi connectivity index (χ1v) is 9.14. The minimum absolute atomic E-state index is 0.729. The summed E-state index contributed by atoms with van der Waals surface area (Å²) in [5.74, 6) is 0. The molecule has 25 heavy (non-hydrogen) atoms. The number of fused-ring (bicyclic) bond motifs is 2. The monoisotopic (exact) mass is 348 g/mol. The fraction of sp³-hybridized carbons (Fsp3) is 0.182. The number of aromatic amines is 1. The minimum atomic E-state index is 0.729. The summed E-state index contributed by atoms with van der Waals surface area (Å²) in [6, 6.07) is 21.1. The van der Waals surface area contributed by atoms with Crippen LogP contribution in [0.3, 0.4) is 0 Å². The van der Waals surface area contributed by atoms with Gasteiger partial charge in [0.25, 0.3) is 0 Å². The number of unbranched alkanes of at least 4 members (excludes halogenated alkanes) is 1. The summed E-state index contributed by atoms with van der Waals surface area (Å²) in [6.07, 6.45) is 3.10. The first-order chi connectivity index (χ1) is 12.3. The molecule has 0 radical (unpaired) electrons. The van der Waals surface area contributed by atoms with Gasteiger partial charge in [0.15, 0.2) is 0 Å². The Morgan fingerprint density at radius 2 is 1.72 bits per heavy atom. The second kappa shape index (κ2) is 6.91. The zero-order valence-electron chi connectivity index (χ0n) is 14.1. The molecule has 3 aromatic carbocycles. The second-order valence-corrected chi connectivity index (χ2v) is 6.88. The van der Waals surface area contributed by atoms with Crippen molar-refractivity contribution in [2.24, 2.45) is 5.73 Å². The number of hydrogen-bond acceptors (Lipinski definition) is 1. The topological polar surface area (TPSA) is 41.8 Å². The number of H-pyrrole nitrogens is 1. The molecule has 4 aromatic rings. The summed E-state index contributed by atoms with van der Waals surface area (Å²) in [5.41, 5.74) is 10.6. The fourth-order valence-electron chi connectivity index (χ4n) is 3.60. The van der Waals surface area contributed by atoms with Gasteiger partial charge in [-0.1, -0.05) is 54.1 Å². The predicted octanol–water partition coefficient (Wildman–Crippen LogP) is 5.92. The Labute approximate surface area is 152 Å². The van der Waals surface area contributed by atoms with Crippen LogP contribution in [-0.2, 0) is 6.42 Å². The van der Waals surface area contributed by atoms with Crippen LogP contribution in [0.25, 0.3) is 32.9 Å². The summed E-state index contributed by atoms with van der Waals surface area (Å²) in [4.78, 5) is 3.64. The maximum atomic E-state index is 6.27. The minimum Gasteiger partial charge on any atom is -0.354 e. The van der Waals surface area contributed by atoms with Gasteiger partial charge in [0, 0.05) is 21.5 Å². The van der Waals surface area contributed by atoms with Crippen LogP contribution in [-0.4, -0.2) is 11.5 Å². The molecule has 2 nitrogen and oxygen atoms in total. The molecule has 0 bridgehead atoms. The van der Waals surface area contributed by atoms with Crippen LogP contribution < -0.4 is 5.73 Å². The highest BCUT2D eigenvalue weighted by atomic mass is 35.5. The van der Waals surface area contributed by atoms with Gasteiger partial charge in [0.1, 0.15) is 0 Å². The molecule has 0 aliphatic rings. The van der Waals surface area contributed by atoms with Crippen molar-refractivity contribution in [2.75, 3.05) is 6.54 Å². The van der Waals surface area contributed by atoms with Crippen molar-refractivity contribution in [1.29, 1.82) is 0 Å². The van der Waals surface area contributed by atoms with Crippen molar-refractivity contribution in [1.82, 2.24) is 4.98 Å². The molecule has 0 saturated carbocycles. The normalized spacial score (nSPS) is 11.4. The molecule has 0 unspecified atom stereocenters.